The molecule has 0 aliphatic rings. The van der Waals surface area contributed by atoms with E-state index in [0.717, 1.165) is 0 Å². The van der Waals surface area contributed by atoms with Crippen molar-refractivity contribution in [2.75, 3.05) is 18.5 Å². The highest BCUT2D eigenvalue weighted by Crippen LogP contribution is 2.21. The van der Waals surface area contributed by atoms with Crippen LogP contribution in [0.15, 0.2) is 36.4 Å². The van der Waals surface area contributed by atoms with Crippen LogP contribution in [-0.4, -0.2) is 30.5 Å². The lowest BCUT2D eigenvalue weighted by molar-refractivity contribution is -0.135. The number of anilines is 1. The van der Waals surface area contributed by atoms with E-state index < -0.39 is 5.97 Å². The highest BCUT2D eigenvalue weighted by molar-refractivity contribution is 6.11. The van der Waals surface area contributed by atoms with Gasteiger partial charge in [0.1, 0.15) is 6.54 Å². The van der Waals surface area contributed by atoms with Crippen molar-refractivity contribution in [3.8, 4) is 0 Å². The Balaban J connectivity index is 3.11. The van der Waals surface area contributed by atoms with Gasteiger partial charge in [0.25, 0.3) is 0 Å². The smallest absolute Gasteiger partial charge is 0.323 e. The molecule has 1 aromatic rings. The molecule has 0 aliphatic carbocycles. The molecule has 0 heterocycles. The summed E-state index contributed by atoms with van der Waals surface area (Å²) in [5.74, 6) is -1.11. The van der Waals surface area contributed by atoms with Crippen LogP contribution in [-0.2, 0) is 4.79 Å². The van der Waals surface area contributed by atoms with Gasteiger partial charge in [0.15, 0.2) is 5.78 Å². The van der Waals surface area contributed by atoms with Crippen LogP contribution in [0, 0.1) is 0 Å². The predicted molar refractivity (Wildman–Crippen MR) is 66.5 cm³/mol. The van der Waals surface area contributed by atoms with Gasteiger partial charge in [-0.3, -0.25) is 9.59 Å². The number of Topliss-reactive ketones (excluding diaryl/α,β-unsaturated/α-hetero) is 1. The second-order valence-corrected chi connectivity index (χ2v) is 3.88. The zero-order valence-corrected chi connectivity index (χ0v) is 9.93. The molecule has 0 fully saturated rings. The number of benzene rings is 1. The summed E-state index contributed by atoms with van der Waals surface area (Å²) < 4.78 is 0. The molecule has 0 radical (unpaired) electrons. The Bertz CT molecular complexity index is 465. The minimum Gasteiger partial charge on any atom is -0.480 e. The summed E-state index contributed by atoms with van der Waals surface area (Å²) in [7, 11) is 1.64. The van der Waals surface area contributed by atoms with Gasteiger partial charge in [0, 0.05) is 18.3 Å². The average Bonchev–Trinajstić information content (AvgIpc) is 2.27. The standard InChI is InChI=1S/C13H15NO3/c1-9(2)13(17)10-6-4-5-7-11(10)14(3)8-12(15)16/h4-7H,1,8H2,2-3H3,(H,15,16). The third-order valence-corrected chi connectivity index (χ3v) is 2.32. The maximum Gasteiger partial charge on any atom is 0.323 e. The van der Waals surface area contributed by atoms with E-state index in [-0.39, 0.29) is 12.3 Å². The number of carbonyl (C=O) groups is 2. The van der Waals surface area contributed by atoms with E-state index >= 15 is 0 Å². The molecule has 4 heteroatoms. The van der Waals surface area contributed by atoms with Crippen LogP contribution in [0.1, 0.15) is 17.3 Å². The number of carbonyl (C=O) groups excluding carboxylic acids is 1. The molecule has 0 saturated carbocycles. The summed E-state index contributed by atoms with van der Waals surface area (Å²) in [5, 5.41) is 8.74. The first kappa shape index (κ1) is 13.0. The molecule has 1 rings (SSSR count). The summed E-state index contributed by atoms with van der Waals surface area (Å²) >= 11 is 0. The van der Waals surface area contributed by atoms with Gasteiger partial charge in [0.2, 0.25) is 0 Å². The van der Waals surface area contributed by atoms with E-state index in [9.17, 15) is 9.59 Å². The van der Waals surface area contributed by atoms with Crippen molar-refractivity contribution in [1.29, 1.82) is 0 Å². The van der Waals surface area contributed by atoms with Gasteiger partial charge in [-0.1, -0.05) is 18.7 Å². The van der Waals surface area contributed by atoms with Crippen molar-refractivity contribution in [1.82, 2.24) is 0 Å². The number of carboxylic acid groups (broad SMARTS) is 1. The highest BCUT2D eigenvalue weighted by Gasteiger charge is 2.15. The lowest BCUT2D eigenvalue weighted by Gasteiger charge is -2.19. The Morgan fingerprint density at radius 1 is 1.35 bits per heavy atom. The van der Waals surface area contributed by atoms with Crippen LogP contribution in [0.4, 0.5) is 5.69 Å². The lowest BCUT2D eigenvalue weighted by atomic mass is 10.0. The fourth-order valence-corrected chi connectivity index (χ4v) is 1.52. The number of likely N-dealkylation sites (N-methyl/N-ethyl adjacent to an activating group) is 1. The van der Waals surface area contributed by atoms with Crippen LogP contribution in [0.5, 0.6) is 0 Å². The summed E-state index contributed by atoms with van der Waals surface area (Å²) in [6.07, 6.45) is 0. The quantitative estimate of drug-likeness (QED) is 0.624. The van der Waals surface area contributed by atoms with Gasteiger partial charge >= 0.3 is 5.97 Å². The van der Waals surface area contributed by atoms with Gasteiger partial charge in [-0.25, -0.2) is 0 Å². The molecule has 0 bridgehead atoms. The van der Waals surface area contributed by atoms with E-state index in [1.807, 2.05) is 0 Å². The second kappa shape index (κ2) is 5.30. The molecule has 0 unspecified atom stereocenters. The van der Waals surface area contributed by atoms with Crippen molar-refractivity contribution >= 4 is 17.4 Å². The maximum atomic E-state index is 11.9. The van der Waals surface area contributed by atoms with Crippen LogP contribution >= 0.6 is 0 Å². The molecule has 0 spiro atoms. The number of ketones is 1. The van der Waals surface area contributed by atoms with Crippen molar-refractivity contribution in [3.05, 3.63) is 42.0 Å². The van der Waals surface area contributed by atoms with Crippen LogP contribution in [0.3, 0.4) is 0 Å². The number of aliphatic carboxylic acids is 1. The number of rotatable bonds is 5. The van der Waals surface area contributed by atoms with Crippen LogP contribution in [0.25, 0.3) is 0 Å². The molecule has 1 N–H and O–H groups in total. The minimum atomic E-state index is -0.940. The molecule has 1 aromatic carbocycles. The molecule has 0 aliphatic heterocycles. The van der Waals surface area contributed by atoms with Gasteiger partial charge in [0.05, 0.1) is 0 Å². The number of para-hydroxylation sites is 1. The number of carboxylic acids is 1. The van der Waals surface area contributed by atoms with Crippen LogP contribution in [0.2, 0.25) is 0 Å². The van der Waals surface area contributed by atoms with Crippen molar-refractivity contribution < 1.29 is 14.7 Å². The van der Waals surface area contributed by atoms with Crippen molar-refractivity contribution in [2.24, 2.45) is 0 Å². The molecule has 0 saturated heterocycles. The predicted octanol–water partition coefficient (Wildman–Crippen LogP) is 1.97. The normalized spacial score (nSPS) is 9.76. The summed E-state index contributed by atoms with van der Waals surface area (Å²) in [4.78, 5) is 24.1. The highest BCUT2D eigenvalue weighted by atomic mass is 16.4. The number of hydrogen-bond acceptors (Lipinski definition) is 3. The van der Waals surface area contributed by atoms with Gasteiger partial charge < -0.3 is 10.0 Å². The van der Waals surface area contributed by atoms with E-state index in [4.69, 9.17) is 5.11 Å². The molecule has 4 nitrogen and oxygen atoms in total. The third kappa shape index (κ3) is 3.17. The molecule has 0 atom stereocenters. The molecule has 0 aromatic heterocycles. The number of nitrogens with zero attached hydrogens (tertiary/aromatic N) is 1. The summed E-state index contributed by atoms with van der Waals surface area (Å²) in [6.45, 7) is 5.09. The van der Waals surface area contributed by atoms with Gasteiger partial charge in [-0.15, -0.1) is 0 Å². The molecule has 90 valence electrons. The zero-order valence-electron chi connectivity index (χ0n) is 9.93. The monoisotopic (exact) mass is 233 g/mol. The van der Waals surface area contributed by atoms with Gasteiger partial charge in [-0.05, 0) is 24.6 Å². The molecule has 17 heavy (non-hydrogen) atoms. The Hall–Kier alpha value is -2.10. The Morgan fingerprint density at radius 3 is 2.47 bits per heavy atom. The fraction of sp³-hybridized carbons (Fsp3) is 0.231. The average molecular weight is 233 g/mol. The van der Waals surface area contributed by atoms with E-state index in [1.165, 1.54) is 4.90 Å². The lowest BCUT2D eigenvalue weighted by Crippen LogP contribution is -2.26. The van der Waals surface area contributed by atoms with Crippen molar-refractivity contribution in [3.63, 3.8) is 0 Å². The van der Waals surface area contributed by atoms with E-state index in [1.54, 1.807) is 38.2 Å². The van der Waals surface area contributed by atoms with E-state index in [2.05, 4.69) is 6.58 Å². The number of allylic oxidation sites excluding steroid dienone is 1. The Labute approximate surface area is 100 Å². The molecular formula is C13H15NO3. The fourth-order valence-electron chi connectivity index (χ4n) is 1.52. The first-order chi connectivity index (χ1) is 7.93. The zero-order chi connectivity index (χ0) is 13.0. The first-order valence-electron chi connectivity index (χ1n) is 5.15. The minimum absolute atomic E-state index is 0.152. The summed E-state index contributed by atoms with van der Waals surface area (Å²) in [6, 6.07) is 6.90. The largest absolute Gasteiger partial charge is 0.480 e. The third-order valence-electron chi connectivity index (χ3n) is 2.32. The Kier molecular flexibility index (Phi) is 4.04. The number of hydrogen-bond donors (Lipinski definition) is 1. The SMILES string of the molecule is C=C(C)C(=O)c1ccccc1N(C)CC(=O)O. The van der Waals surface area contributed by atoms with Crippen LogP contribution < -0.4 is 4.90 Å². The van der Waals surface area contributed by atoms with Crippen molar-refractivity contribution in [2.45, 2.75) is 6.92 Å². The Morgan fingerprint density at radius 2 is 1.94 bits per heavy atom. The summed E-state index contributed by atoms with van der Waals surface area (Å²) in [5.41, 5.74) is 1.51. The second-order valence-electron chi connectivity index (χ2n) is 3.88. The first-order valence-corrected chi connectivity index (χ1v) is 5.15. The molecular weight excluding hydrogens is 218 g/mol. The van der Waals surface area contributed by atoms with E-state index in [0.29, 0.717) is 16.8 Å². The topological polar surface area (TPSA) is 57.6 Å². The van der Waals surface area contributed by atoms with Gasteiger partial charge in [-0.2, -0.15) is 0 Å². The maximum absolute atomic E-state index is 11.9. The molecule has 0 amide bonds.